The molecule has 0 amide bonds. The van der Waals surface area contributed by atoms with Crippen LogP contribution >= 0.6 is 12.4 Å². The zero-order chi connectivity index (χ0) is 19.2. The van der Waals surface area contributed by atoms with Gasteiger partial charge in [-0.2, -0.15) is 0 Å². The van der Waals surface area contributed by atoms with E-state index in [1.807, 2.05) is 36.4 Å². The highest BCUT2D eigenvalue weighted by molar-refractivity contribution is 5.86. The Labute approximate surface area is 178 Å². The maximum atomic E-state index is 5.92. The summed E-state index contributed by atoms with van der Waals surface area (Å²) in [6.45, 7) is 0.966. The molecule has 1 aliphatic rings. The molecular formula is C24H25ClN2O2. The van der Waals surface area contributed by atoms with Crippen molar-refractivity contribution >= 4 is 18.2 Å². The lowest BCUT2D eigenvalue weighted by Gasteiger charge is -2.19. The van der Waals surface area contributed by atoms with Gasteiger partial charge in [-0.25, -0.2) is 0 Å². The highest BCUT2D eigenvalue weighted by Crippen LogP contribution is 2.35. The molecule has 0 spiro atoms. The van der Waals surface area contributed by atoms with Crippen LogP contribution in [0.3, 0.4) is 0 Å². The Morgan fingerprint density at radius 1 is 0.828 bits per heavy atom. The van der Waals surface area contributed by atoms with E-state index >= 15 is 0 Å². The van der Waals surface area contributed by atoms with E-state index in [9.17, 15) is 0 Å². The van der Waals surface area contributed by atoms with Gasteiger partial charge in [0, 0.05) is 0 Å². The fourth-order valence-electron chi connectivity index (χ4n) is 3.49. The van der Waals surface area contributed by atoms with Gasteiger partial charge < -0.3 is 14.8 Å². The van der Waals surface area contributed by atoms with E-state index in [0.29, 0.717) is 13.2 Å². The predicted octanol–water partition coefficient (Wildman–Crippen LogP) is 5.12. The smallest absolute Gasteiger partial charge is 0.124 e. The standard InChI is InChI=1S/C24H24N2O2.ClH/c1-27-21-14-8-9-18(15-21)16-28-17-22-25-23(19-10-4-2-5-11-19)24(26-22)20-12-6-3-7-13-20;/h2-15,23-24H,16-17H2,1H3,(H,25,26);1H/t23-,24+;. The zero-order valence-electron chi connectivity index (χ0n) is 16.3. The van der Waals surface area contributed by atoms with Crippen LogP contribution in [-0.4, -0.2) is 19.6 Å². The molecule has 0 unspecified atom stereocenters. The summed E-state index contributed by atoms with van der Waals surface area (Å²) in [5.41, 5.74) is 3.51. The molecule has 0 bridgehead atoms. The number of benzene rings is 3. The summed E-state index contributed by atoms with van der Waals surface area (Å²) in [6, 6.07) is 28.9. The number of hydrogen-bond donors (Lipinski definition) is 1. The van der Waals surface area contributed by atoms with Gasteiger partial charge in [0.1, 0.15) is 24.2 Å². The second-order valence-corrected chi connectivity index (χ2v) is 6.81. The van der Waals surface area contributed by atoms with E-state index in [2.05, 4.69) is 53.8 Å². The summed E-state index contributed by atoms with van der Waals surface area (Å²) < 4.78 is 11.2. The predicted molar refractivity (Wildman–Crippen MR) is 119 cm³/mol. The van der Waals surface area contributed by atoms with Crippen LogP contribution in [0.2, 0.25) is 0 Å². The van der Waals surface area contributed by atoms with Gasteiger partial charge in [0.05, 0.1) is 19.8 Å². The van der Waals surface area contributed by atoms with Gasteiger partial charge in [-0.15, -0.1) is 12.4 Å². The van der Waals surface area contributed by atoms with Gasteiger partial charge in [-0.1, -0.05) is 72.8 Å². The van der Waals surface area contributed by atoms with Crippen LogP contribution in [0.1, 0.15) is 28.8 Å². The van der Waals surface area contributed by atoms with Crippen molar-refractivity contribution in [2.75, 3.05) is 13.7 Å². The van der Waals surface area contributed by atoms with Crippen molar-refractivity contribution in [2.24, 2.45) is 4.99 Å². The van der Waals surface area contributed by atoms with Crippen LogP contribution in [0, 0.1) is 0 Å². The molecule has 0 saturated heterocycles. The molecule has 1 aliphatic heterocycles. The lowest BCUT2D eigenvalue weighted by Crippen LogP contribution is -2.27. The first-order valence-corrected chi connectivity index (χ1v) is 9.47. The number of halogens is 1. The topological polar surface area (TPSA) is 42.9 Å². The highest BCUT2D eigenvalue weighted by atomic mass is 35.5. The van der Waals surface area contributed by atoms with E-state index in [1.165, 1.54) is 11.1 Å². The molecule has 150 valence electrons. The lowest BCUT2D eigenvalue weighted by molar-refractivity contribution is 0.156. The fourth-order valence-corrected chi connectivity index (χ4v) is 3.49. The van der Waals surface area contributed by atoms with Crippen LogP contribution in [0.25, 0.3) is 0 Å². The number of amidine groups is 1. The quantitative estimate of drug-likeness (QED) is 0.590. The molecule has 0 radical (unpaired) electrons. The highest BCUT2D eigenvalue weighted by Gasteiger charge is 2.30. The molecule has 0 aromatic heterocycles. The number of ether oxygens (including phenoxy) is 2. The Balaban J connectivity index is 0.00000240. The van der Waals surface area contributed by atoms with Crippen LogP contribution in [-0.2, 0) is 11.3 Å². The Morgan fingerprint density at radius 3 is 2.21 bits per heavy atom. The van der Waals surface area contributed by atoms with E-state index in [1.54, 1.807) is 7.11 Å². The minimum atomic E-state index is 0. The van der Waals surface area contributed by atoms with Crippen molar-refractivity contribution in [3.8, 4) is 5.75 Å². The Morgan fingerprint density at radius 2 is 1.52 bits per heavy atom. The van der Waals surface area contributed by atoms with Gasteiger partial charge in [-0.3, -0.25) is 4.99 Å². The molecule has 4 rings (SSSR count). The normalized spacial score (nSPS) is 17.8. The molecule has 3 aromatic carbocycles. The molecule has 1 N–H and O–H groups in total. The largest absolute Gasteiger partial charge is 0.497 e. The van der Waals surface area contributed by atoms with Crippen molar-refractivity contribution in [1.82, 2.24) is 5.32 Å². The molecule has 2 atom stereocenters. The summed E-state index contributed by atoms with van der Waals surface area (Å²) in [5.74, 6) is 1.72. The minimum absolute atomic E-state index is 0. The molecule has 0 saturated carbocycles. The fraction of sp³-hybridized carbons (Fsp3) is 0.208. The van der Waals surface area contributed by atoms with Gasteiger partial charge in [0.15, 0.2) is 0 Å². The second-order valence-electron chi connectivity index (χ2n) is 6.81. The minimum Gasteiger partial charge on any atom is -0.497 e. The summed E-state index contributed by atoms with van der Waals surface area (Å²) in [6.07, 6.45) is 0. The molecule has 4 nitrogen and oxygen atoms in total. The summed E-state index contributed by atoms with van der Waals surface area (Å²) in [4.78, 5) is 4.94. The third kappa shape index (κ3) is 5.17. The third-order valence-electron chi connectivity index (χ3n) is 4.87. The Bertz CT molecular complexity index is 932. The molecule has 3 aromatic rings. The first kappa shape index (κ1) is 20.9. The molecule has 5 heteroatoms. The number of methoxy groups -OCH3 is 1. The van der Waals surface area contributed by atoms with Crippen molar-refractivity contribution in [2.45, 2.75) is 18.7 Å². The number of aliphatic imine (C=N–C) groups is 1. The lowest BCUT2D eigenvalue weighted by atomic mass is 9.95. The van der Waals surface area contributed by atoms with Crippen LogP contribution < -0.4 is 10.1 Å². The number of hydrogen-bond acceptors (Lipinski definition) is 4. The monoisotopic (exact) mass is 408 g/mol. The first-order valence-electron chi connectivity index (χ1n) is 9.47. The van der Waals surface area contributed by atoms with Crippen LogP contribution in [0.15, 0.2) is 89.9 Å². The Hall–Kier alpha value is -2.82. The maximum Gasteiger partial charge on any atom is 0.124 e. The zero-order valence-corrected chi connectivity index (χ0v) is 17.1. The van der Waals surface area contributed by atoms with Gasteiger partial charge in [0.25, 0.3) is 0 Å². The number of rotatable bonds is 7. The van der Waals surface area contributed by atoms with Gasteiger partial charge in [-0.05, 0) is 28.8 Å². The third-order valence-corrected chi connectivity index (χ3v) is 4.87. The van der Waals surface area contributed by atoms with E-state index in [-0.39, 0.29) is 24.5 Å². The summed E-state index contributed by atoms with van der Waals surface area (Å²) in [5, 5.41) is 3.56. The summed E-state index contributed by atoms with van der Waals surface area (Å²) >= 11 is 0. The molecule has 29 heavy (non-hydrogen) atoms. The van der Waals surface area contributed by atoms with Crippen LogP contribution in [0.5, 0.6) is 5.75 Å². The van der Waals surface area contributed by atoms with E-state index in [4.69, 9.17) is 14.5 Å². The second kappa shape index (κ2) is 10.1. The van der Waals surface area contributed by atoms with Crippen molar-refractivity contribution in [1.29, 1.82) is 0 Å². The number of nitrogens with one attached hydrogen (secondary N) is 1. The molecule has 0 fully saturated rings. The maximum absolute atomic E-state index is 5.92. The number of nitrogens with zero attached hydrogens (tertiary/aromatic N) is 1. The molecule has 1 heterocycles. The average molecular weight is 409 g/mol. The first-order chi connectivity index (χ1) is 13.8. The Kier molecular flexibility index (Phi) is 7.28. The van der Waals surface area contributed by atoms with Crippen LogP contribution in [0.4, 0.5) is 0 Å². The van der Waals surface area contributed by atoms with Crippen molar-refractivity contribution in [3.05, 3.63) is 102 Å². The van der Waals surface area contributed by atoms with Gasteiger partial charge >= 0.3 is 0 Å². The molecule has 0 aliphatic carbocycles. The molecular weight excluding hydrogens is 384 g/mol. The SMILES string of the molecule is COc1cccc(COCC2=N[C@H](c3ccccc3)[C@H](c3ccccc3)N2)c1.Cl. The van der Waals surface area contributed by atoms with Gasteiger partial charge in [0.2, 0.25) is 0 Å². The average Bonchev–Trinajstić information content (AvgIpc) is 3.19. The van der Waals surface area contributed by atoms with Crippen molar-refractivity contribution in [3.63, 3.8) is 0 Å². The van der Waals surface area contributed by atoms with E-state index in [0.717, 1.165) is 17.1 Å². The van der Waals surface area contributed by atoms with Crippen molar-refractivity contribution < 1.29 is 9.47 Å². The summed E-state index contributed by atoms with van der Waals surface area (Å²) in [7, 11) is 1.67. The van der Waals surface area contributed by atoms with E-state index < -0.39 is 0 Å².